The molecule has 0 N–H and O–H groups in total. The van der Waals surface area contributed by atoms with E-state index in [1.807, 2.05) is 13.2 Å². The molecular formula is C7H10OS. The fourth-order valence-corrected chi connectivity index (χ4v) is 1.74. The van der Waals surface area contributed by atoms with E-state index >= 15 is 0 Å². The zero-order valence-electron chi connectivity index (χ0n) is 5.73. The van der Waals surface area contributed by atoms with Gasteiger partial charge in [-0.3, -0.25) is 4.79 Å². The highest BCUT2D eigenvalue weighted by Gasteiger charge is 2.17. The van der Waals surface area contributed by atoms with E-state index in [0.29, 0.717) is 5.78 Å². The van der Waals surface area contributed by atoms with Gasteiger partial charge in [-0.1, -0.05) is 0 Å². The Morgan fingerprint density at radius 1 is 1.44 bits per heavy atom. The first-order valence-electron chi connectivity index (χ1n) is 3.02. The molecule has 0 spiro atoms. The van der Waals surface area contributed by atoms with Gasteiger partial charge < -0.3 is 0 Å². The van der Waals surface area contributed by atoms with Crippen molar-refractivity contribution in [2.75, 3.05) is 6.26 Å². The van der Waals surface area contributed by atoms with Gasteiger partial charge in [0.05, 0.1) is 0 Å². The number of carbonyl (C=O) groups is 1. The highest BCUT2D eigenvalue weighted by molar-refractivity contribution is 8.02. The molecule has 0 bridgehead atoms. The Labute approximate surface area is 59.5 Å². The largest absolute Gasteiger partial charge is 0.295 e. The van der Waals surface area contributed by atoms with Crippen molar-refractivity contribution < 1.29 is 4.79 Å². The summed E-state index contributed by atoms with van der Waals surface area (Å²) in [7, 11) is 0. The van der Waals surface area contributed by atoms with Crippen LogP contribution in [0.2, 0.25) is 0 Å². The number of Topliss-reactive ketones (excluding diaryl/α,β-unsaturated/α-hetero) is 1. The molecule has 0 aliphatic heterocycles. The molecule has 0 amide bonds. The minimum Gasteiger partial charge on any atom is -0.295 e. The zero-order valence-corrected chi connectivity index (χ0v) is 6.55. The van der Waals surface area contributed by atoms with Crippen LogP contribution < -0.4 is 0 Å². The summed E-state index contributed by atoms with van der Waals surface area (Å²) in [5.41, 5.74) is 0.988. The van der Waals surface area contributed by atoms with E-state index in [0.717, 1.165) is 18.4 Å². The van der Waals surface area contributed by atoms with Gasteiger partial charge in [-0.25, -0.2) is 0 Å². The second-order valence-electron chi connectivity index (χ2n) is 2.18. The molecule has 0 saturated heterocycles. The summed E-state index contributed by atoms with van der Waals surface area (Å²) in [6, 6.07) is 0. The van der Waals surface area contributed by atoms with Crippen LogP contribution in [0.5, 0.6) is 0 Å². The van der Waals surface area contributed by atoms with Crippen molar-refractivity contribution >= 4 is 17.5 Å². The lowest BCUT2D eigenvalue weighted by atomic mass is 10.2. The quantitative estimate of drug-likeness (QED) is 0.557. The van der Waals surface area contributed by atoms with E-state index in [4.69, 9.17) is 0 Å². The maximum absolute atomic E-state index is 10.9. The van der Waals surface area contributed by atoms with Gasteiger partial charge in [-0.15, -0.1) is 11.8 Å². The predicted octanol–water partition coefficient (Wildman–Crippen LogP) is 1.99. The second-order valence-corrected chi connectivity index (χ2v) is 3.08. The Morgan fingerprint density at radius 3 is 2.33 bits per heavy atom. The molecule has 1 nitrogen and oxygen atoms in total. The number of rotatable bonds is 1. The van der Waals surface area contributed by atoms with Crippen LogP contribution in [0.25, 0.3) is 0 Å². The molecule has 0 aromatic rings. The Hall–Kier alpha value is -0.240. The normalized spacial score (nSPS) is 19.6. The van der Waals surface area contributed by atoms with Crippen molar-refractivity contribution in [1.29, 1.82) is 0 Å². The molecule has 0 aromatic heterocycles. The van der Waals surface area contributed by atoms with Crippen LogP contribution in [0.3, 0.4) is 0 Å². The summed E-state index contributed by atoms with van der Waals surface area (Å²) < 4.78 is 0. The average Bonchev–Trinajstić information content (AvgIpc) is 2.15. The van der Waals surface area contributed by atoms with E-state index in [1.165, 1.54) is 4.91 Å². The molecule has 1 aliphatic carbocycles. The van der Waals surface area contributed by atoms with Crippen LogP contribution in [0.15, 0.2) is 10.5 Å². The summed E-state index contributed by atoms with van der Waals surface area (Å²) in [5, 5.41) is 0. The first-order valence-corrected chi connectivity index (χ1v) is 4.25. The van der Waals surface area contributed by atoms with Crippen LogP contribution in [-0.4, -0.2) is 12.0 Å². The molecule has 0 fully saturated rings. The Balaban J connectivity index is 2.79. The summed E-state index contributed by atoms with van der Waals surface area (Å²) in [4.78, 5) is 12.1. The molecule has 1 rings (SSSR count). The van der Waals surface area contributed by atoms with Gasteiger partial charge in [0.1, 0.15) is 0 Å². The van der Waals surface area contributed by atoms with Crippen molar-refractivity contribution in [1.82, 2.24) is 0 Å². The number of carbonyl (C=O) groups excluding carboxylic acids is 1. The summed E-state index contributed by atoms with van der Waals surface area (Å²) in [5.74, 6) is 0.333. The second kappa shape index (κ2) is 2.56. The number of hydrogen-bond acceptors (Lipinski definition) is 2. The topological polar surface area (TPSA) is 17.1 Å². The smallest absolute Gasteiger partial charge is 0.159 e. The molecule has 0 heterocycles. The molecule has 0 saturated carbocycles. The van der Waals surface area contributed by atoms with E-state index in [-0.39, 0.29) is 0 Å². The van der Waals surface area contributed by atoms with E-state index in [1.54, 1.807) is 11.8 Å². The third-order valence-electron chi connectivity index (χ3n) is 1.66. The molecule has 0 radical (unpaired) electrons. The molecule has 2 heteroatoms. The highest BCUT2D eigenvalue weighted by Crippen LogP contribution is 2.29. The number of ketones is 1. The SMILES string of the molecule is CSC1=C(C)C(=O)CC1. The van der Waals surface area contributed by atoms with E-state index in [2.05, 4.69) is 0 Å². The van der Waals surface area contributed by atoms with Crippen LogP contribution in [-0.2, 0) is 4.79 Å². The summed E-state index contributed by atoms with van der Waals surface area (Å²) in [6.07, 6.45) is 3.74. The van der Waals surface area contributed by atoms with Crippen LogP contribution >= 0.6 is 11.8 Å². The first kappa shape index (κ1) is 6.87. The lowest BCUT2D eigenvalue weighted by molar-refractivity contribution is -0.114. The lowest BCUT2D eigenvalue weighted by Crippen LogP contribution is -1.89. The number of thioether (sulfide) groups is 1. The van der Waals surface area contributed by atoms with Crippen molar-refractivity contribution in [2.45, 2.75) is 19.8 Å². The summed E-state index contributed by atoms with van der Waals surface area (Å²) in [6.45, 7) is 1.92. The number of hydrogen-bond donors (Lipinski definition) is 0. The van der Waals surface area contributed by atoms with Crippen LogP contribution in [0.1, 0.15) is 19.8 Å². The lowest BCUT2D eigenvalue weighted by Gasteiger charge is -1.92. The molecular weight excluding hydrogens is 132 g/mol. The Bertz CT molecular complexity index is 170. The van der Waals surface area contributed by atoms with Gasteiger partial charge in [0.2, 0.25) is 0 Å². The fraction of sp³-hybridized carbons (Fsp3) is 0.571. The molecule has 0 unspecified atom stereocenters. The van der Waals surface area contributed by atoms with Gasteiger partial charge in [-0.05, 0) is 24.5 Å². The molecule has 1 aliphatic rings. The Kier molecular flexibility index (Phi) is 1.96. The van der Waals surface area contributed by atoms with Gasteiger partial charge in [0, 0.05) is 12.0 Å². The molecule has 0 aromatic carbocycles. The minimum absolute atomic E-state index is 0.333. The van der Waals surface area contributed by atoms with Crippen molar-refractivity contribution in [3.8, 4) is 0 Å². The van der Waals surface area contributed by atoms with E-state index < -0.39 is 0 Å². The predicted molar refractivity (Wildman–Crippen MR) is 40.5 cm³/mol. The highest BCUT2D eigenvalue weighted by atomic mass is 32.2. The first-order chi connectivity index (χ1) is 4.25. The van der Waals surface area contributed by atoms with Gasteiger partial charge in [0.25, 0.3) is 0 Å². The van der Waals surface area contributed by atoms with Crippen molar-refractivity contribution in [3.05, 3.63) is 10.5 Å². The molecule has 50 valence electrons. The maximum Gasteiger partial charge on any atom is 0.159 e. The summed E-state index contributed by atoms with van der Waals surface area (Å²) >= 11 is 1.70. The van der Waals surface area contributed by atoms with Crippen molar-refractivity contribution in [2.24, 2.45) is 0 Å². The Morgan fingerprint density at radius 2 is 2.11 bits per heavy atom. The van der Waals surface area contributed by atoms with Crippen molar-refractivity contribution in [3.63, 3.8) is 0 Å². The fourth-order valence-electron chi connectivity index (χ4n) is 1.01. The van der Waals surface area contributed by atoms with Gasteiger partial charge >= 0.3 is 0 Å². The number of allylic oxidation sites excluding steroid dienone is 2. The van der Waals surface area contributed by atoms with E-state index in [9.17, 15) is 4.79 Å². The molecule has 9 heavy (non-hydrogen) atoms. The average molecular weight is 142 g/mol. The van der Waals surface area contributed by atoms with Crippen LogP contribution in [0, 0.1) is 0 Å². The minimum atomic E-state index is 0.333. The third kappa shape index (κ3) is 1.18. The molecule has 0 atom stereocenters. The maximum atomic E-state index is 10.9. The third-order valence-corrected chi connectivity index (χ3v) is 2.67. The zero-order chi connectivity index (χ0) is 6.85. The van der Waals surface area contributed by atoms with Gasteiger partial charge in [0.15, 0.2) is 5.78 Å². The standard InChI is InChI=1S/C7H10OS/c1-5-6(8)3-4-7(5)9-2/h3-4H2,1-2H3. The van der Waals surface area contributed by atoms with Gasteiger partial charge in [-0.2, -0.15) is 0 Å². The van der Waals surface area contributed by atoms with Crippen LogP contribution in [0.4, 0.5) is 0 Å². The monoisotopic (exact) mass is 142 g/mol.